The van der Waals surface area contributed by atoms with Crippen LogP contribution in [0.3, 0.4) is 0 Å². The van der Waals surface area contributed by atoms with Crippen LogP contribution < -0.4 is 5.73 Å². The quantitative estimate of drug-likeness (QED) is 0.304. The molecule has 0 heterocycles. The van der Waals surface area contributed by atoms with E-state index in [4.69, 9.17) is 22.1 Å². The lowest BCUT2D eigenvalue weighted by Gasteiger charge is -2.26. The lowest BCUT2D eigenvalue weighted by Crippen LogP contribution is -2.24. The van der Waals surface area contributed by atoms with Crippen molar-refractivity contribution in [2.75, 3.05) is 12.3 Å². The molecule has 2 atom stereocenters. The monoisotopic (exact) mass is 421 g/mol. The molecule has 3 nitrogen and oxygen atoms in total. The molecule has 0 saturated heterocycles. The Kier molecular flexibility index (Phi) is 9.40. The Bertz CT molecular complexity index is 528. The van der Waals surface area contributed by atoms with Crippen LogP contribution in [0.2, 0.25) is 5.02 Å². The number of carbonyl (C=O) groups is 1. The smallest absolute Gasteiger partial charge is 0.305 e. The van der Waals surface area contributed by atoms with Crippen LogP contribution in [0.25, 0.3) is 0 Å². The Morgan fingerprint density at radius 1 is 1.39 bits per heavy atom. The molecule has 2 unspecified atom stereocenters. The number of rotatable bonds is 9. The van der Waals surface area contributed by atoms with E-state index in [1.165, 1.54) is 0 Å². The minimum atomic E-state index is -0.149. The summed E-state index contributed by atoms with van der Waals surface area (Å²) < 4.78 is 6.21. The van der Waals surface area contributed by atoms with E-state index in [9.17, 15) is 4.79 Å². The number of nitrogens with two attached hydrogens (primary N) is 1. The van der Waals surface area contributed by atoms with E-state index in [2.05, 4.69) is 29.8 Å². The third-order valence-corrected chi connectivity index (χ3v) is 6.71. The van der Waals surface area contributed by atoms with Crippen molar-refractivity contribution in [2.24, 2.45) is 5.92 Å². The van der Waals surface area contributed by atoms with E-state index in [1.54, 1.807) is 11.8 Å². The predicted molar refractivity (Wildman–Crippen MR) is 103 cm³/mol. The van der Waals surface area contributed by atoms with Gasteiger partial charge in [0.05, 0.1) is 16.5 Å². The maximum absolute atomic E-state index is 11.4. The first-order chi connectivity index (χ1) is 10.9. The second kappa shape index (κ2) is 10.5. The number of halogens is 2. The molecule has 0 aliphatic carbocycles. The molecule has 1 rings (SSSR count). The van der Waals surface area contributed by atoms with Gasteiger partial charge in [0, 0.05) is 27.7 Å². The minimum Gasteiger partial charge on any atom is -0.465 e. The number of hydrogen-bond donors (Lipinski definition) is 1. The fourth-order valence-corrected chi connectivity index (χ4v) is 4.59. The van der Waals surface area contributed by atoms with Gasteiger partial charge in [-0.05, 0) is 40.9 Å². The molecular formula is C17H25BrClNO2S. The molecule has 2 N–H and O–H groups in total. The summed E-state index contributed by atoms with van der Waals surface area (Å²) in [5, 5.41) is 0.959. The molecule has 0 fully saturated rings. The lowest BCUT2D eigenvalue weighted by atomic mass is 10.00. The molecule has 6 heteroatoms. The van der Waals surface area contributed by atoms with Crippen molar-refractivity contribution in [1.29, 1.82) is 0 Å². The second-order valence-corrected chi connectivity index (χ2v) is 7.91. The zero-order valence-electron chi connectivity index (χ0n) is 13.9. The van der Waals surface area contributed by atoms with E-state index < -0.39 is 0 Å². The van der Waals surface area contributed by atoms with Crippen molar-refractivity contribution in [3.63, 3.8) is 0 Å². The van der Waals surface area contributed by atoms with Crippen LogP contribution in [0, 0.1) is 5.92 Å². The summed E-state index contributed by atoms with van der Waals surface area (Å²) >= 11 is 11.6. The van der Waals surface area contributed by atoms with Crippen LogP contribution in [0.15, 0.2) is 21.5 Å². The van der Waals surface area contributed by atoms with E-state index in [0.717, 1.165) is 28.6 Å². The Morgan fingerprint density at radius 2 is 2.09 bits per heavy atom. The van der Waals surface area contributed by atoms with Crippen LogP contribution in [0.4, 0.5) is 5.69 Å². The Hall–Kier alpha value is -0.390. The largest absolute Gasteiger partial charge is 0.465 e. The third-order valence-electron chi connectivity index (χ3n) is 3.72. The Labute approximate surface area is 156 Å². The van der Waals surface area contributed by atoms with Crippen molar-refractivity contribution in [3.05, 3.63) is 21.6 Å². The predicted octanol–water partition coefficient (Wildman–Crippen LogP) is 5.92. The van der Waals surface area contributed by atoms with E-state index in [1.807, 2.05) is 19.1 Å². The number of hydrogen-bond acceptors (Lipinski definition) is 4. The minimum absolute atomic E-state index is 0.149. The van der Waals surface area contributed by atoms with Crippen molar-refractivity contribution in [3.8, 4) is 0 Å². The number of esters is 1. The first-order valence-corrected chi connectivity index (χ1v) is 10.0. The standard InChI is InChI=1S/C17H25BrClNO2S/c1-4-7-14(11(5-2)10-22-15(21)6-3)23-17-13(20)9-8-12(18)16(17)19/h8-9,11,14H,4-7,10,20H2,1-3H3. The molecule has 0 saturated carbocycles. The first kappa shape index (κ1) is 20.7. The normalized spacial score (nSPS) is 13.6. The highest BCUT2D eigenvalue weighted by atomic mass is 79.9. The topological polar surface area (TPSA) is 52.3 Å². The van der Waals surface area contributed by atoms with Crippen LogP contribution in [-0.2, 0) is 9.53 Å². The van der Waals surface area contributed by atoms with Gasteiger partial charge in [-0.1, -0.05) is 38.8 Å². The summed E-state index contributed by atoms with van der Waals surface area (Å²) in [7, 11) is 0. The average molecular weight is 423 g/mol. The number of thioether (sulfide) groups is 1. The number of anilines is 1. The number of benzene rings is 1. The summed E-state index contributed by atoms with van der Waals surface area (Å²) in [5.74, 6) is 0.133. The zero-order valence-corrected chi connectivity index (χ0v) is 17.1. The fraction of sp³-hybridized carbons (Fsp3) is 0.588. The summed E-state index contributed by atoms with van der Waals surface area (Å²) in [6.45, 7) is 6.54. The van der Waals surface area contributed by atoms with Gasteiger partial charge in [-0.15, -0.1) is 11.8 Å². The summed E-state index contributed by atoms with van der Waals surface area (Å²) in [5.41, 5.74) is 6.79. The molecule has 0 aromatic heterocycles. The van der Waals surface area contributed by atoms with Gasteiger partial charge in [0.15, 0.2) is 0 Å². The number of ether oxygens (including phenoxy) is 1. The summed E-state index contributed by atoms with van der Waals surface area (Å²) in [6.07, 6.45) is 3.43. The van der Waals surface area contributed by atoms with Crippen molar-refractivity contribution >= 4 is 50.9 Å². The van der Waals surface area contributed by atoms with Gasteiger partial charge in [0.2, 0.25) is 0 Å². The molecule has 1 aromatic carbocycles. The highest BCUT2D eigenvalue weighted by Gasteiger charge is 2.24. The third kappa shape index (κ3) is 6.20. The first-order valence-electron chi connectivity index (χ1n) is 8.00. The van der Waals surface area contributed by atoms with Gasteiger partial charge in [-0.2, -0.15) is 0 Å². The summed E-state index contributed by atoms with van der Waals surface area (Å²) in [6, 6.07) is 3.72. The van der Waals surface area contributed by atoms with Gasteiger partial charge in [0.25, 0.3) is 0 Å². The van der Waals surface area contributed by atoms with Crippen LogP contribution in [0.5, 0.6) is 0 Å². The van der Waals surface area contributed by atoms with Gasteiger partial charge < -0.3 is 10.5 Å². The molecule has 0 bridgehead atoms. The SMILES string of the molecule is CCCC(Sc1c(N)ccc(Br)c1Cl)C(CC)COC(=O)CC. The molecule has 0 aliphatic rings. The van der Waals surface area contributed by atoms with Gasteiger partial charge >= 0.3 is 5.97 Å². The van der Waals surface area contributed by atoms with Crippen molar-refractivity contribution < 1.29 is 9.53 Å². The van der Waals surface area contributed by atoms with Gasteiger partial charge in [-0.25, -0.2) is 0 Å². The molecule has 130 valence electrons. The van der Waals surface area contributed by atoms with Crippen LogP contribution >= 0.6 is 39.3 Å². The van der Waals surface area contributed by atoms with Crippen molar-refractivity contribution in [2.45, 2.75) is 56.6 Å². The van der Waals surface area contributed by atoms with Crippen LogP contribution in [0.1, 0.15) is 46.5 Å². The van der Waals surface area contributed by atoms with Gasteiger partial charge in [-0.3, -0.25) is 4.79 Å². The maximum Gasteiger partial charge on any atom is 0.305 e. The highest BCUT2D eigenvalue weighted by Crippen LogP contribution is 2.42. The zero-order chi connectivity index (χ0) is 17.4. The molecule has 0 spiro atoms. The number of carbonyl (C=O) groups excluding carboxylic acids is 1. The lowest BCUT2D eigenvalue weighted by molar-refractivity contribution is -0.144. The molecule has 1 aromatic rings. The van der Waals surface area contributed by atoms with Crippen molar-refractivity contribution in [1.82, 2.24) is 0 Å². The van der Waals surface area contributed by atoms with E-state index in [0.29, 0.717) is 29.0 Å². The van der Waals surface area contributed by atoms with E-state index in [-0.39, 0.29) is 11.9 Å². The van der Waals surface area contributed by atoms with Crippen LogP contribution in [-0.4, -0.2) is 17.8 Å². The Balaban J connectivity index is 2.92. The fourth-order valence-electron chi connectivity index (χ4n) is 2.28. The number of nitrogen functional groups attached to an aromatic ring is 1. The molecule has 0 amide bonds. The van der Waals surface area contributed by atoms with E-state index >= 15 is 0 Å². The molecular weight excluding hydrogens is 398 g/mol. The average Bonchev–Trinajstić information content (AvgIpc) is 2.55. The summed E-state index contributed by atoms with van der Waals surface area (Å²) in [4.78, 5) is 12.4. The second-order valence-electron chi connectivity index (χ2n) is 5.43. The molecule has 0 radical (unpaired) electrons. The molecule has 0 aliphatic heterocycles. The molecule has 23 heavy (non-hydrogen) atoms. The Morgan fingerprint density at radius 3 is 2.65 bits per heavy atom. The maximum atomic E-state index is 11.4. The highest BCUT2D eigenvalue weighted by molar-refractivity contribution is 9.10. The van der Waals surface area contributed by atoms with Gasteiger partial charge in [0.1, 0.15) is 0 Å².